The molecular formula is C23H28Cl3N9OS. The Bertz CT molecular complexity index is 1290. The van der Waals surface area contributed by atoms with Crippen molar-refractivity contribution in [1.29, 1.82) is 0 Å². The third kappa shape index (κ3) is 8.01. The molecule has 1 aromatic heterocycles. The van der Waals surface area contributed by atoms with E-state index in [1.54, 1.807) is 0 Å². The summed E-state index contributed by atoms with van der Waals surface area (Å²) < 4.78 is 0. The summed E-state index contributed by atoms with van der Waals surface area (Å²) in [4.78, 5) is 29.0. The van der Waals surface area contributed by atoms with Crippen LogP contribution in [-0.4, -0.2) is 53.9 Å². The summed E-state index contributed by atoms with van der Waals surface area (Å²) in [7, 11) is 4.23. The van der Waals surface area contributed by atoms with Crippen LogP contribution in [0.1, 0.15) is 16.9 Å². The molecule has 0 atom stereocenters. The largest absolute Gasteiger partial charge is 0.382 e. The highest BCUT2D eigenvalue weighted by molar-refractivity contribution is 7.99. The molecule has 0 aliphatic carbocycles. The smallest absolute Gasteiger partial charge is 0.302 e. The standard InChI is InChI=1S/C17H19ClN2S.C6H8ClN7O.ClH/c1-19(2)10-5-11-20-14-6-3-4-7-16(14)21-17-9-8-13(18)12-15(17)20;7-2-4(9)13-3(8)1(12-2)5(15)14-6(10)11;/h3-4,6-9,12H,5,10-11H2,1-2H3;(H4,8,9,13)(H4,10,11,14,15);1H. The van der Waals surface area contributed by atoms with Crippen LogP contribution in [0.15, 0.2) is 57.2 Å². The summed E-state index contributed by atoms with van der Waals surface area (Å²) in [5, 5.41) is 0.657. The van der Waals surface area contributed by atoms with Crippen molar-refractivity contribution in [2.24, 2.45) is 16.5 Å². The molecule has 3 aromatic rings. The van der Waals surface area contributed by atoms with E-state index in [2.05, 4.69) is 75.3 Å². The van der Waals surface area contributed by atoms with Gasteiger partial charge in [0.05, 0.1) is 11.4 Å². The minimum atomic E-state index is -0.832. The van der Waals surface area contributed by atoms with Gasteiger partial charge in [-0.05, 0) is 57.4 Å². The summed E-state index contributed by atoms with van der Waals surface area (Å²) >= 11 is 13.6. The Kier molecular flexibility index (Phi) is 11.1. The first-order chi connectivity index (χ1) is 17.1. The van der Waals surface area contributed by atoms with Gasteiger partial charge in [0.1, 0.15) is 0 Å². The average Bonchev–Trinajstić information content (AvgIpc) is 2.81. The van der Waals surface area contributed by atoms with Crippen LogP contribution in [0, 0.1) is 0 Å². The molecule has 8 N–H and O–H groups in total. The lowest BCUT2D eigenvalue weighted by Gasteiger charge is -2.33. The van der Waals surface area contributed by atoms with E-state index < -0.39 is 11.9 Å². The van der Waals surface area contributed by atoms with E-state index in [1.165, 1.54) is 21.2 Å². The van der Waals surface area contributed by atoms with Crippen LogP contribution in [0.3, 0.4) is 0 Å². The number of nitrogen functional groups attached to an aromatic ring is 2. The van der Waals surface area contributed by atoms with E-state index in [0.717, 1.165) is 24.5 Å². The third-order valence-corrected chi connectivity index (χ3v) is 6.56. The molecule has 1 aliphatic heterocycles. The molecule has 2 heterocycles. The molecule has 0 radical (unpaired) electrons. The van der Waals surface area contributed by atoms with Crippen molar-refractivity contribution in [3.8, 4) is 0 Å². The molecule has 0 unspecified atom stereocenters. The molecule has 10 nitrogen and oxygen atoms in total. The predicted molar refractivity (Wildman–Crippen MR) is 155 cm³/mol. The van der Waals surface area contributed by atoms with Crippen molar-refractivity contribution >= 4 is 82.2 Å². The number of halogens is 3. The normalized spacial score (nSPS) is 11.4. The lowest BCUT2D eigenvalue weighted by atomic mass is 10.2. The van der Waals surface area contributed by atoms with Gasteiger partial charge in [-0.2, -0.15) is 4.99 Å². The number of carbonyl (C=O) groups is 1. The van der Waals surface area contributed by atoms with Gasteiger partial charge in [0.25, 0.3) is 0 Å². The second-order valence-electron chi connectivity index (χ2n) is 7.97. The maximum atomic E-state index is 11.3. The van der Waals surface area contributed by atoms with Crippen molar-refractivity contribution in [1.82, 2.24) is 14.9 Å². The van der Waals surface area contributed by atoms with Crippen molar-refractivity contribution in [2.45, 2.75) is 16.2 Å². The molecule has 14 heteroatoms. The fourth-order valence-corrected chi connectivity index (χ4v) is 4.73. The summed E-state index contributed by atoms with van der Waals surface area (Å²) in [6.07, 6.45) is 1.12. The van der Waals surface area contributed by atoms with Crippen molar-refractivity contribution in [3.63, 3.8) is 0 Å². The van der Waals surface area contributed by atoms with Crippen LogP contribution in [0.2, 0.25) is 10.2 Å². The van der Waals surface area contributed by atoms with E-state index in [9.17, 15) is 4.79 Å². The zero-order valence-corrected chi connectivity index (χ0v) is 23.3. The summed E-state index contributed by atoms with van der Waals surface area (Å²) in [6, 6.07) is 14.8. The van der Waals surface area contributed by atoms with Gasteiger partial charge < -0.3 is 32.7 Å². The number of nitrogens with zero attached hydrogens (tertiary/aromatic N) is 5. The highest BCUT2D eigenvalue weighted by Crippen LogP contribution is 2.48. The molecule has 0 spiro atoms. The van der Waals surface area contributed by atoms with Gasteiger partial charge in [-0.15, -0.1) is 12.4 Å². The number of para-hydroxylation sites is 1. The lowest BCUT2D eigenvalue weighted by molar-refractivity contribution is 0.0998. The minimum absolute atomic E-state index is 0. The second-order valence-corrected chi connectivity index (χ2v) is 9.84. The van der Waals surface area contributed by atoms with E-state index in [-0.39, 0.29) is 34.9 Å². The number of rotatable bonds is 5. The first-order valence-corrected chi connectivity index (χ1v) is 12.3. The Labute approximate surface area is 235 Å². The zero-order chi connectivity index (χ0) is 26.4. The average molecular weight is 585 g/mol. The first-order valence-electron chi connectivity index (χ1n) is 10.8. The van der Waals surface area contributed by atoms with E-state index >= 15 is 0 Å². The maximum absolute atomic E-state index is 11.3. The number of benzene rings is 2. The molecular weight excluding hydrogens is 557 g/mol. The number of amides is 1. The molecule has 1 amide bonds. The van der Waals surface area contributed by atoms with Gasteiger partial charge in [-0.3, -0.25) is 4.79 Å². The Hall–Kier alpha value is -2.96. The highest BCUT2D eigenvalue weighted by atomic mass is 35.5. The van der Waals surface area contributed by atoms with Crippen molar-refractivity contribution in [2.75, 3.05) is 43.6 Å². The molecule has 198 valence electrons. The number of hydrogen-bond donors (Lipinski definition) is 4. The number of nitrogens with two attached hydrogens (primary N) is 4. The predicted octanol–water partition coefficient (Wildman–Crippen LogP) is 4.02. The highest BCUT2D eigenvalue weighted by Gasteiger charge is 2.23. The van der Waals surface area contributed by atoms with E-state index in [4.69, 9.17) is 46.1 Å². The quantitative estimate of drug-likeness (QED) is 0.254. The molecule has 0 saturated carbocycles. The molecule has 4 rings (SSSR count). The van der Waals surface area contributed by atoms with Gasteiger partial charge in [-0.1, -0.05) is 47.1 Å². The fraction of sp³-hybridized carbons (Fsp3) is 0.217. The van der Waals surface area contributed by atoms with Crippen LogP contribution < -0.4 is 27.8 Å². The molecule has 0 saturated heterocycles. The van der Waals surface area contributed by atoms with Gasteiger partial charge in [0.2, 0.25) is 0 Å². The Morgan fingerprint density at radius 3 is 2.38 bits per heavy atom. The molecule has 1 aliphatic rings. The molecule has 0 bridgehead atoms. The first kappa shape index (κ1) is 30.3. The third-order valence-electron chi connectivity index (χ3n) is 4.91. The van der Waals surface area contributed by atoms with Gasteiger partial charge in [0.15, 0.2) is 28.4 Å². The summed E-state index contributed by atoms with van der Waals surface area (Å²) in [5.74, 6) is -1.50. The Morgan fingerprint density at radius 1 is 1.03 bits per heavy atom. The van der Waals surface area contributed by atoms with Gasteiger partial charge in [-0.25, -0.2) is 9.97 Å². The lowest BCUT2D eigenvalue weighted by Crippen LogP contribution is -2.25. The fourth-order valence-electron chi connectivity index (χ4n) is 3.36. The van der Waals surface area contributed by atoms with Gasteiger partial charge in [0, 0.05) is 21.4 Å². The van der Waals surface area contributed by atoms with Crippen molar-refractivity contribution in [3.05, 3.63) is 58.3 Å². The molecule has 2 aromatic carbocycles. The van der Waals surface area contributed by atoms with Gasteiger partial charge >= 0.3 is 5.91 Å². The number of hydrogen-bond acceptors (Lipinski definition) is 8. The van der Waals surface area contributed by atoms with Crippen LogP contribution >= 0.6 is 47.4 Å². The molecule has 37 heavy (non-hydrogen) atoms. The SMILES string of the molecule is CN(C)CCCN1c2ccccc2Sc2ccc(Cl)cc21.Cl.NC(N)=NC(=O)c1nc(Cl)c(N)nc1N. The Balaban J connectivity index is 0.000000268. The van der Waals surface area contributed by atoms with E-state index in [0.29, 0.717) is 0 Å². The summed E-state index contributed by atoms with van der Waals surface area (Å²) in [6.45, 7) is 2.09. The van der Waals surface area contributed by atoms with Crippen molar-refractivity contribution < 1.29 is 4.79 Å². The topological polar surface area (TPSA) is 166 Å². The number of carbonyl (C=O) groups excluding carboxylic acids is 1. The zero-order valence-electron chi connectivity index (χ0n) is 20.2. The van der Waals surface area contributed by atoms with Crippen LogP contribution in [0.5, 0.6) is 0 Å². The van der Waals surface area contributed by atoms with E-state index in [1.807, 2.05) is 17.8 Å². The van der Waals surface area contributed by atoms with Crippen LogP contribution in [0.25, 0.3) is 0 Å². The number of fused-ring (bicyclic) bond motifs is 2. The monoisotopic (exact) mass is 583 g/mol. The maximum Gasteiger partial charge on any atom is 0.302 e. The second kappa shape index (κ2) is 13.5. The number of aliphatic imine (C=N–C) groups is 1. The summed E-state index contributed by atoms with van der Waals surface area (Å²) in [5.41, 5.74) is 23.0. The minimum Gasteiger partial charge on any atom is -0.382 e. The van der Waals surface area contributed by atoms with Crippen LogP contribution in [-0.2, 0) is 0 Å². The number of aromatic nitrogens is 2. The molecule has 0 fully saturated rings. The van der Waals surface area contributed by atoms with Crippen LogP contribution in [0.4, 0.5) is 23.0 Å². The Morgan fingerprint density at radius 2 is 1.70 bits per heavy atom. The number of anilines is 4. The number of guanidine groups is 1.